The summed E-state index contributed by atoms with van der Waals surface area (Å²) in [6, 6.07) is 21.4. The fourth-order valence-electron chi connectivity index (χ4n) is 4.51. The molecule has 0 saturated heterocycles. The molecular formula is C32H40ClN3O5S. The predicted octanol–water partition coefficient (Wildman–Crippen LogP) is 5.56. The standard InChI is InChI=1S/C32H40ClN3O5S/c1-5-28(32(38)34-22-24(3)4)35(21-20-25-12-8-7-9-13-25)31(37)23-36(29-14-10-11-15-30(29)41-6-2)42(39,40)27-18-16-26(33)17-19-27/h7-19,24,28H,5-6,20-23H2,1-4H3,(H,34,38). The van der Waals surface area contributed by atoms with Gasteiger partial charge >= 0.3 is 0 Å². The smallest absolute Gasteiger partial charge is 0.264 e. The Morgan fingerprint density at radius 1 is 0.929 bits per heavy atom. The summed E-state index contributed by atoms with van der Waals surface area (Å²) in [5.74, 6) is -0.214. The number of nitrogens with one attached hydrogen (secondary N) is 1. The lowest BCUT2D eigenvalue weighted by Gasteiger charge is -2.33. The Bertz CT molecular complexity index is 1420. The number of nitrogens with zero attached hydrogens (tertiary/aromatic N) is 2. The third-order valence-electron chi connectivity index (χ3n) is 6.67. The van der Waals surface area contributed by atoms with Gasteiger partial charge in [-0.2, -0.15) is 0 Å². The molecule has 0 aliphatic heterocycles. The highest BCUT2D eigenvalue weighted by molar-refractivity contribution is 7.92. The van der Waals surface area contributed by atoms with Crippen LogP contribution in [0.1, 0.15) is 39.7 Å². The first kappa shape index (κ1) is 32.9. The number of ether oxygens (including phenoxy) is 1. The molecule has 0 aromatic heterocycles. The molecule has 0 aliphatic rings. The van der Waals surface area contributed by atoms with Crippen molar-refractivity contribution in [3.05, 3.63) is 89.4 Å². The third-order valence-corrected chi connectivity index (χ3v) is 8.69. The fourth-order valence-corrected chi connectivity index (χ4v) is 6.06. The molecule has 0 fully saturated rings. The molecule has 3 aromatic rings. The summed E-state index contributed by atoms with van der Waals surface area (Å²) in [4.78, 5) is 29.0. The van der Waals surface area contributed by atoms with Crippen LogP contribution >= 0.6 is 11.6 Å². The Kier molecular flexibility index (Phi) is 12.2. The molecule has 8 nitrogen and oxygen atoms in total. The molecular weight excluding hydrogens is 574 g/mol. The average Bonchev–Trinajstić information content (AvgIpc) is 2.98. The number of benzene rings is 3. The van der Waals surface area contributed by atoms with Crippen LogP contribution in [0.25, 0.3) is 0 Å². The van der Waals surface area contributed by atoms with Crippen LogP contribution in [-0.4, -0.2) is 57.4 Å². The minimum atomic E-state index is -4.23. The van der Waals surface area contributed by atoms with Crippen molar-refractivity contribution in [2.75, 3.05) is 30.5 Å². The second-order valence-corrected chi connectivity index (χ2v) is 12.6. The van der Waals surface area contributed by atoms with Crippen molar-refractivity contribution in [3.63, 3.8) is 0 Å². The van der Waals surface area contributed by atoms with Gasteiger partial charge in [0.25, 0.3) is 10.0 Å². The van der Waals surface area contributed by atoms with Gasteiger partial charge in [-0.05, 0) is 67.6 Å². The molecule has 3 aromatic carbocycles. The molecule has 0 heterocycles. The number of anilines is 1. The van der Waals surface area contributed by atoms with Gasteiger partial charge in [-0.3, -0.25) is 13.9 Å². The summed E-state index contributed by atoms with van der Waals surface area (Å²) >= 11 is 6.03. The predicted molar refractivity (Wildman–Crippen MR) is 167 cm³/mol. The van der Waals surface area contributed by atoms with Crippen molar-refractivity contribution in [3.8, 4) is 5.75 Å². The van der Waals surface area contributed by atoms with Crippen molar-refractivity contribution < 1.29 is 22.7 Å². The Morgan fingerprint density at radius 3 is 2.19 bits per heavy atom. The first-order chi connectivity index (χ1) is 20.1. The first-order valence-electron chi connectivity index (χ1n) is 14.2. The lowest BCUT2D eigenvalue weighted by Crippen LogP contribution is -2.53. The second-order valence-electron chi connectivity index (χ2n) is 10.3. The van der Waals surface area contributed by atoms with E-state index < -0.39 is 28.5 Å². The van der Waals surface area contributed by atoms with Crippen LogP contribution in [0.15, 0.2) is 83.8 Å². The molecule has 226 valence electrons. The quantitative estimate of drug-likeness (QED) is 0.242. The molecule has 1 N–H and O–H groups in total. The van der Waals surface area contributed by atoms with Gasteiger partial charge in [0.1, 0.15) is 18.3 Å². The van der Waals surface area contributed by atoms with E-state index in [4.69, 9.17) is 16.3 Å². The van der Waals surface area contributed by atoms with Crippen LogP contribution in [-0.2, 0) is 26.0 Å². The molecule has 0 bridgehead atoms. The van der Waals surface area contributed by atoms with E-state index in [1.807, 2.05) is 51.1 Å². The van der Waals surface area contributed by atoms with Gasteiger partial charge in [-0.1, -0.05) is 74.8 Å². The van der Waals surface area contributed by atoms with Gasteiger partial charge in [0.2, 0.25) is 11.8 Å². The molecule has 0 aliphatic carbocycles. The van der Waals surface area contributed by atoms with Crippen molar-refractivity contribution in [2.24, 2.45) is 5.92 Å². The number of carbonyl (C=O) groups is 2. The summed E-state index contributed by atoms with van der Waals surface area (Å²) < 4.78 is 34.9. The van der Waals surface area contributed by atoms with E-state index in [9.17, 15) is 18.0 Å². The van der Waals surface area contributed by atoms with E-state index in [1.54, 1.807) is 31.2 Å². The van der Waals surface area contributed by atoms with E-state index in [1.165, 1.54) is 29.2 Å². The minimum absolute atomic E-state index is 0.0245. The maximum absolute atomic E-state index is 14.2. The summed E-state index contributed by atoms with van der Waals surface area (Å²) in [6.45, 7) is 8.10. The Balaban J connectivity index is 2.05. The van der Waals surface area contributed by atoms with E-state index in [0.29, 0.717) is 36.8 Å². The molecule has 0 radical (unpaired) electrons. The lowest BCUT2D eigenvalue weighted by molar-refractivity contribution is -0.139. The molecule has 42 heavy (non-hydrogen) atoms. The van der Waals surface area contributed by atoms with Gasteiger partial charge in [0.05, 0.1) is 17.2 Å². The topological polar surface area (TPSA) is 96.0 Å². The number of hydrogen-bond donors (Lipinski definition) is 1. The Hall–Kier alpha value is -3.56. The maximum atomic E-state index is 14.2. The largest absolute Gasteiger partial charge is 0.492 e. The highest BCUT2D eigenvalue weighted by atomic mass is 35.5. The van der Waals surface area contributed by atoms with Crippen LogP contribution in [0.4, 0.5) is 5.69 Å². The highest BCUT2D eigenvalue weighted by Gasteiger charge is 2.34. The third kappa shape index (κ3) is 8.72. The zero-order valence-electron chi connectivity index (χ0n) is 24.6. The van der Waals surface area contributed by atoms with E-state index >= 15 is 0 Å². The highest BCUT2D eigenvalue weighted by Crippen LogP contribution is 2.33. The molecule has 3 rings (SSSR count). The number of hydrogen-bond acceptors (Lipinski definition) is 5. The SMILES string of the molecule is CCOc1ccccc1N(CC(=O)N(CCc1ccccc1)C(CC)C(=O)NCC(C)C)S(=O)(=O)c1ccc(Cl)cc1. The van der Waals surface area contributed by atoms with Crippen LogP contribution in [0.2, 0.25) is 5.02 Å². The van der Waals surface area contributed by atoms with Gasteiger partial charge in [0.15, 0.2) is 0 Å². The van der Waals surface area contributed by atoms with Crippen LogP contribution in [0, 0.1) is 5.92 Å². The van der Waals surface area contributed by atoms with Crippen molar-refractivity contribution >= 4 is 39.1 Å². The van der Waals surface area contributed by atoms with Crippen LogP contribution in [0.5, 0.6) is 5.75 Å². The number of amides is 2. The van der Waals surface area contributed by atoms with Gasteiger partial charge < -0.3 is 15.0 Å². The molecule has 10 heteroatoms. The molecule has 0 spiro atoms. The number of para-hydroxylation sites is 2. The minimum Gasteiger partial charge on any atom is -0.492 e. The van der Waals surface area contributed by atoms with Crippen LogP contribution < -0.4 is 14.4 Å². The molecule has 1 atom stereocenters. The summed E-state index contributed by atoms with van der Waals surface area (Å²) in [5.41, 5.74) is 1.23. The fraction of sp³-hybridized carbons (Fsp3) is 0.375. The normalized spacial score (nSPS) is 12.0. The first-order valence-corrected chi connectivity index (χ1v) is 16.0. The summed E-state index contributed by atoms with van der Waals surface area (Å²) in [5, 5.41) is 3.33. The lowest BCUT2D eigenvalue weighted by atomic mass is 10.1. The number of carbonyl (C=O) groups excluding carboxylic acids is 2. The molecule has 0 saturated carbocycles. The van der Waals surface area contributed by atoms with Crippen molar-refractivity contribution in [1.29, 1.82) is 0 Å². The second kappa shape index (κ2) is 15.6. The number of rotatable bonds is 15. The van der Waals surface area contributed by atoms with Crippen molar-refractivity contribution in [1.82, 2.24) is 10.2 Å². The maximum Gasteiger partial charge on any atom is 0.264 e. The Labute approximate surface area is 254 Å². The number of sulfonamides is 1. The zero-order chi connectivity index (χ0) is 30.7. The monoisotopic (exact) mass is 613 g/mol. The average molecular weight is 614 g/mol. The molecule has 1 unspecified atom stereocenters. The number of halogens is 1. The van der Waals surface area contributed by atoms with E-state index in [2.05, 4.69) is 5.32 Å². The van der Waals surface area contributed by atoms with Gasteiger partial charge in [0, 0.05) is 18.1 Å². The molecule has 2 amide bonds. The summed E-state index contributed by atoms with van der Waals surface area (Å²) in [7, 11) is -4.23. The summed E-state index contributed by atoms with van der Waals surface area (Å²) in [6.07, 6.45) is 0.865. The van der Waals surface area contributed by atoms with Gasteiger partial charge in [-0.15, -0.1) is 0 Å². The van der Waals surface area contributed by atoms with Gasteiger partial charge in [-0.25, -0.2) is 8.42 Å². The van der Waals surface area contributed by atoms with Crippen molar-refractivity contribution in [2.45, 2.75) is 51.5 Å². The van der Waals surface area contributed by atoms with Crippen LogP contribution in [0.3, 0.4) is 0 Å². The van der Waals surface area contributed by atoms with E-state index in [-0.39, 0.29) is 29.0 Å². The van der Waals surface area contributed by atoms with E-state index in [0.717, 1.165) is 9.87 Å². The Morgan fingerprint density at radius 2 is 1.57 bits per heavy atom. The zero-order valence-corrected chi connectivity index (χ0v) is 26.2.